The zero-order valence-corrected chi connectivity index (χ0v) is 12.5. The predicted octanol–water partition coefficient (Wildman–Crippen LogP) is 2.27. The number of amides is 1. The van der Waals surface area contributed by atoms with Crippen molar-refractivity contribution in [2.45, 2.75) is 46.0 Å². The molecule has 19 heavy (non-hydrogen) atoms. The van der Waals surface area contributed by atoms with Crippen molar-refractivity contribution >= 4 is 5.91 Å². The summed E-state index contributed by atoms with van der Waals surface area (Å²) in [5, 5.41) is 3.46. The summed E-state index contributed by atoms with van der Waals surface area (Å²) >= 11 is 0. The van der Waals surface area contributed by atoms with Crippen LogP contribution in [0.3, 0.4) is 0 Å². The van der Waals surface area contributed by atoms with Crippen LogP contribution in [0.5, 0.6) is 0 Å². The molecule has 2 saturated heterocycles. The second-order valence-electron chi connectivity index (χ2n) is 7.47. The van der Waals surface area contributed by atoms with E-state index in [9.17, 15) is 4.79 Å². The third-order valence-corrected chi connectivity index (χ3v) is 5.49. The molecule has 3 fully saturated rings. The molecule has 3 heteroatoms. The molecule has 3 rings (SSSR count). The van der Waals surface area contributed by atoms with Gasteiger partial charge in [-0.05, 0) is 37.0 Å². The first kappa shape index (κ1) is 13.4. The third kappa shape index (κ3) is 2.42. The van der Waals surface area contributed by atoms with E-state index in [0.29, 0.717) is 11.8 Å². The molecule has 0 spiro atoms. The third-order valence-electron chi connectivity index (χ3n) is 5.49. The second-order valence-corrected chi connectivity index (χ2v) is 7.47. The lowest BCUT2D eigenvalue weighted by molar-refractivity contribution is -0.142. The summed E-state index contributed by atoms with van der Waals surface area (Å²) in [5.74, 6) is 2.57. The number of likely N-dealkylation sites (tertiary alicyclic amines) is 1. The van der Waals surface area contributed by atoms with E-state index in [0.717, 1.165) is 57.3 Å². The minimum Gasteiger partial charge on any atom is -0.342 e. The van der Waals surface area contributed by atoms with Crippen LogP contribution in [0.25, 0.3) is 0 Å². The average molecular weight is 264 g/mol. The molecule has 3 aliphatic rings. The molecule has 108 valence electrons. The number of rotatable bonds is 3. The Morgan fingerprint density at radius 3 is 2.32 bits per heavy atom. The molecule has 0 radical (unpaired) electrons. The predicted molar refractivity (Wildman–Crippen MR) is 76.8 cm³/mol. The van der Waals surface area contributed by atoms with E-state index in [-0.39, 0.29) is 5.41 Å². The van der Waals surface area contributed by atoms with Gasteiger partial charge in [-0.1, -0.05) is 26.7 Å². The number of carbonyl (C=O) groups excluding carboxylic acids is 1. The number of nitrogens with one attached hydrogen (secondary N) is 1. The molecule has 0 unspecified atom stereocenters. The Bertz CT molecular complexity index is 335. The molecule has 1 aliphatic carbocycles. The molecule has 0 bridgehead atoms. The van der Waals surface area contributed by atoms with Crippen molar-refractivity contribution in [1.29, 1.82) is 0 Å². The fourth-order valence-corrected chi connectivity index (χ4v) is 4.70. The van der Waals surface area contributed by atoms with E-state index >= 15 is 0 Å². The van der Waals surface area contributed by atoms with Gasteiger partial charge in [-0.15, -0.1) is 0 Å². The van der Waals surface area contributed by atoms with Gasteiger partial charge in [0, 0.05) is 31.6 Å². The van der Waals surface area contributed by atoms with E-state index < -0.39 is 0 Å². The molecule has 0 aromatic heterocycles. The van der Waals surface area contributed by atoms with Crippen LogP contribution < -0.4 is 5.32 Å². The van der Waals surface area contributed by atoms with Crippen molar-refractivity contribution in [2.75, 3.05) is 26.2 Å². The zero-order valence-electron chi connectivity index (χ0n) is 12.5. The molecule has 2 atom stereocenters. The summed E-state index contributed by atoms with van der Waals surface area (Å²) < 4.78 is 0. The number of carbonyl (C=O) groups is 1. The molecule has 1 N–H and O–H groups in total. The quantitative estimate of drug-likeness (QED) is 0.848. The van der Waals surface area contributed by atoms with Gasteiger partial charge >= 0.3 is 0 Å². The fraction of sp³-hybridized carbons (Fsp3) is 0.938. The van der Waals surface area contributed by atoms with Gasteiger partial charge in [-0.3, -0.25) is 4.79 Å². The van der Waals surface area contributed by atoms with Gasteiger partial charge in [0.2, 0.25) is 5.91 Å². The monoisotopic (exact) mass is 264 g/mol. The van der Waals surface area contributed by atoms with Crippen molar-refractivity contribution in [1.82, 2.24) is 10.2 Å². The minimum absolute atomic E-state index is 0.000231. The number of hydrogen-bond donors (Lipinski definition) is 1. The standard InChI is InChI=1S/C16H28N2O/c1-12(2)7-16(5-3-4-6-16)15(19)18-10-13-8-17-9-14(13)11-18/h12-14,17H,3-11H2,1-2H3/t13-,14+. The highest BCUT2D eigenvalue weighted by Crippen LogP contribution is 2.45. The summed E-state index contributed by atoms with van der Waals surface area (Å²) in [6.07, 6.45) is 5.86. The van der Waals surface area contributed by atoms with Crippen LogP contribution in [-0.2, 0) is 4.79 Å². The minimum atomic E-state index is 0.000231. The summed E-state index contributed by atoms with van der Waals surface area (Å²) in [7, 11) is 0. The maximum Gasteiger partial charge on any atom is 0.228 e. The topological polar surface area (TPSA) is 32.3 Å². The molecular weight excluding hydrogens is 236 g/mol. The van der Waals surface area contributed by atoms with Crippen LogP contribution in [0.4, 0.5) is 0 Å². The normalized spacial score (nSPS) is 33.1. The van der Waals surface area contributed by atoms with Crippen molar-refractivity contribution in [2.24, 2.45) is 23.2 Å². The van der Waals surface area contributed by atoms with Gasteiger partial charge in [-0.25, -0.2) is 0 Å². The zero-order chi connectivity index (χ0) is 13.5. The number of fused-ring (bicyclic) bond motifs is 1. The summed E-state index contributed by atoms with van der Waals surface area (Å²) in [6.45, 7) is 8.77. The van der Waals surface area contributed by atoms with Gasteiger partial charge in [0.1, 0.15) is 0 Å². The highest BCUT2D eigenvalue weighted by Gasteiger charge is 2.47. The maximum absolute atomic E-state index is 13.0. The smallest absolute Gasteiger partial charge is 0.228 e. The first-order valence-electron chi connectivity index (χ1n) is 8.11. The highest BCUT2D eigenvalue weighted by atomic mass is 16.2. The van der Waals surface area contributed by atoms with Crippen LogP contribution in [-0.4, -0.2) is 37.0 Å². The average Bonchev–Trinajstić information content (AvgIpc) is 3.00. The Morgan fingerprint density at radius 1 is 1.21 bits per heavy atom. The summed E-state index contributed by atoms with van der Waals surface area (Å²) in [6, 6.07) is 0. The summed E-state index contributed by atoms with van der Waals surface area (Å²) in [5.41, 5.74) is 0.000231. The molecule has 0 aromatic carbocycles. The largest absolute Gasteiger partial charge is 0.342 e. The molecule has 0 aromatic rings. The Kier molecular flexibility index (Phi) is 3.59. The van der Waals surface area contributed by atoms with Crippen molar-refractivity contribution < 1.29 is 4.79 Å². The lowest BCUT2D eigenvalue weighted by atomic mass is 9.77. The van der Waals surface area contributed by atoms with Crippen LogP contribution in [0.15, 0.2) is 0 Å². The van der Waals surface area contributed by atoms with Crippen LogP contribution in [0.1, 0.15) is 46.0 Å². The van der Waals surface area contributed by atoms with Gasteiger partial charge < -0.3 is 10.2 Å². The fourth-order valence-electron chi connectivity index (χ4n) is 4.70. The van der Waals surface area contributed by atoms with E-state index in [1.807, 2.05) is 0 Å². The maximum atomic E-state index is 13.0. The van der Waals surface area contributed by atoms with Gasteiger partial charge in [-0.2, -0.15) is 0 Å². The van der Waals surface area contributed by atoms with Crippen molar-refractivity contribution in [3.8, 4) is 0 Å². The number of hydrogen-bond acceptors (Lipinski definition) is 2. The highest BCUT2D eigenvalue weighted by molar-refractivity contribution is 5.83. The first-order chi connectivity index (χ1) is 9.11. The van der Waals surface area contributed by atoms with Gasteiger partial charge in [0.05, 0.1) is 0 Å². The molecule has 1 saturated carbocycles. The lowest BCUT2D eigenvalue weighted by Crippen LogP contribution is -2.43. The van der Waals surface area contributed by atoms with Crippen molar-refractivity contribution in [3.05, 3.63) is 0 Å². The molecular formula is C16H28N2O. The Balaban J connectivity index is 1.71. The van der Waals surface area contributed by atoms with E-state index in [2.05, 4.69) is 24.1 Å². The van der Waals surface area contributed by atoms with E-state index in [4.69, 9.17) is 0 Å². The van der Waals surface area contributed by atoms with Crippen molar-refractivity contribution in [3.63, 3.8) is 0 Å². The van der Waals surface area contributed by atoms with E-state index in [1.54, 1.807) is 0 Å². The van der Waals surface area contributed by atoms with Crippen LogP contribution in [0, 0.1) is 23.2 Å². The SMILES string of the molecule is CC(C)CC1(C(=O)N2C[C@H]3CNC[C@H]3C2)CCCC1. The Hall–Kier alpha value is -0.570. The van der Waals surface area contributed by atoms with Crippen LogP contribution >= 0.6 is 0 Å². The Labute approximate surface area is 117 Å². The molecule has 2 aliphatic heterocycles. The van der Waals surface area contributed by atoms with Gasteiger partial charge in [0.25, 0.3) is 0 Å². The second kappa shape index (κ2) is 5.08. The Morgan fingerprint density at radius 2 is 1.79 bits per heavy atom. The van der Waals surface area contributed by atoms with E-state index in [1.165, 1.54) is 12.8 Å². The summed E-state index contributed by atoms with van der Waals surface area (Å²) in [4.78, 5) is 15.3. The number of nitrogens with zero attached hydrogens (tertiary/aromatic N) is 1. The lowest BCUT2D eigenvalue weighted by Gasteiger charge is -2.34. The van der Waals surface area contributed by atoms with Gasteiger partial charge in [0.15, 0.2) is 0 Å². The molecule has 3 nitrogen and oxygen atoms in total. The first-order valence-corrected chi connectivity index (χ1v) is 8.11. The molecule has 2 heterocycles. The molecule has 1 amide bonds. The van der Waals surface area contributed by atoms with Crippen LogP contribution in [0.2, 0.25) is 0 Å².